The van der Waals surface area contributed by atoms with E-state index in [0.717, 1.165) is 33.4 Å². The van der Waals surface area contributed by atoms with Crippen molar-refractivity contribution in [1.29, 1.82) is 0 Å². The fourth-order valence-corrected chi connectivity index (χ4v) is 5.40. The molecule has 0 aliphatic heterocycles. The molecule has 0 saturated heterocycles. The molecule has 0 unspecified atom stereocenters. The number of allylic oxidation sites excluding steroid dienone is 2. The molecule has 0 fully saturated rings. The van der Waals surface area contributed by atoms with E-state index in [0.29, 0.717) is 32.3 Å². The molecule has 0 N–H and O–H groups in total. The van der Waals surface area contributed by atoms with Crippen LogP contribution < -0.4 is 0 Å². The Kier molecular flexibility index (Phi) is 4.88. The molecule has 2 aliphatic carbocycles. The molecule has 0 spiro atoms. The van der Waals surface area contributed by atoms with Gasteiger partial charge in [0, 0.05) is 22.3 Å². The molecule has 162 valence electrons. The van der Waals surface area contributed by atoms with Crippen molar-refractivity contribution < 1.29 is 9.59 Å². The minimum absolute atomic E-state index is 0.0771. The van der Waals surface area contributed by atoms with E-state index >= 15 is 0 Å². The van der Waals surface area contributed by atoms with Gasteiger partial charge in [0.2, 0.25) is 0 Å². The summed E-state index contributed by atoms with van der Waals surface area (Å²) in [7, 11) is 0. The average molecular weight is 479 g/mol. The predicted molar refractivity (Wildman–Crippen MR) is 137 cm³/mol. The van der Waals surface area contributed by atoms with Crippen molar-refractivity contribution >= 4 is 45.9 Å². The highest BCUT2D eigenvalue weighted by molar-refractivity contribution is 6.37. The fraction of sp³-hybridized carbons (Fsp3) is 0. The van der Waals surface area contributed by atoms with Crippen LogP contribution in [0.5, 0.6) is 0 Å². The van der Waals surface area contributed by atoms with E-state index in [9.17, 15) is 9.59 Å². The summed E-state index contributed by atoms with van der Waals surface area (Å²) in [5.74, 6) is -0.154. The van der Waals surface area contributed by atoms with Crippen LogP contribution in [0.3, 0.4) is 0 Å². The van der Waals surface area contributed by atoms with Crippen LogP contribution in [0.2, 0.25) is 10.0 Å². The number of fused-ring (bicyclic) bond motifs is 4. The Morgan fingerprint density at radius 3 is 1.21 bits per heavy atom. The number of rotatable bonds is 1. The topological polar surface area (TPSA) is 34.1 Å². The summed E-state index contributed by atoms with van der Waals surface area (Å²) >= 11 is 12.9. The highest BCUT2D eigenvalue weighted by Gasteiger charge is 2.30. The average Bonchev–Trinajstić information content (AvgIpc) is 2.85. The van der Waals surface area contributed by atoms with E-state index < -0.39 is 0 Å². The van der Waals surface area contributed by atoms with Gasteiger partial charge in [-0.2, -0.15) is 0 Å². The van der Waals surface area contributed by atoms with Crippen molar-refractivity contribution in [3.63, 3.8) is 0 Å². The second-order valence-electron chi connectivity index (χ2n) is 8.23. The largest absolute Gasteiger partial charge is 0.289 e. The number of hydrogen-bond donors (Lipinski definition) is 0. The number of carbonyl (C=O) groups is 2. The summed E-state index contributed by atoms with van der Waals surface area (Å²) in [6, 6.07) is 26.1. The number of hydrogen-bond acceptors (Lipinski definition) is 2. The van der Waals surface area contributed by atoms with Gasteiger partial charge in [-0.25, -0.2) is 0 Å². The Morgan fingerprint density at radius 1 is 0.441 bits per heavy atom. The lowest BCUT2D eigenvalue weighted by Crippen LogP contribution is -2.15. The Bertz CT molecular complexity index is 1490. The maximum atomic E-state index is 13.2. The summed E-state index contributed by atoms with van der Waals surface area (Å²) in [5.41, 5.74) is 7.35. The normalized spacial score (nSPS) is 16.2. The monoisotopic (exact) mass is 478 g/mol. The van der Waals surface area contributed by atoms with Crippen molar-refractivity contribution in [2.75, 3.05) is 0 Å². The Balaban J connectivity index is 1.64. The zero-order valence-corrected chi connectivity index (χ0v) is 19.3. The molecule has 2 aliphatic rings. The van der Waals surface area contributed by atoms with E-state index in [-0.39, 0.29) is 11.6 Å². The molecule has 4 aromatic rings. The lowest BCUT2D eigenvalue weighted by molar-refractivity contribution is 0.102. The van der Waals surface area contributed by atoms with Gasteiger partial charge in [-0.1, -0.05) is 108 Å². The molecule has 34 heavy (non-hydrogen) atoms. The third kappa shape index (κ3) is 3.03. The third-order valence-corrected chi connectivity index (χ3v) is 7.03. The molecular weight excluding hydrogens is 463 g/mol. The molecule has 0 bridgehead atoms. The summed E-state index contributed by atoms with van der Waals surface area (Å²) in [6.45, 7) is 0. The number of benzene rings is 4. The van der Waals surface area contributed by atoms with Gasteiger partial charge in [-0.3, -0.25) is 9.59 Å². The summed E-state index contributed by atoms with van der Waals surface area (Å²) in [5, 5.41) is 0.864. The first-order valence-electron chi connectivity index (χ1n) is 10.8. The van der Waals surface area contributed by atoms with Gasteiger partial charge in [0.15, 0.2) is 11.6 Å². The van der Waals surface area contributed by atoms with E-state index in [1.54, 1.807) is 12.1 Å². The van der Waals surface area contributed by atoms with Crippen molar-refractivity contribution in [1.82, 2.24) is 0 Å². The first kappa shape index (κ1) is 20.9. The molecule has 0 heterocycles. The molecule has 0 atom stereocenters. The third-order valence-electron chi connectivity index (χ3n) is 6.40. The lowest BCUT2D eigenvalue weighted by Gasteiger charge is -2.24. The molecule has 4 aromatic carbocycles. The lowest BCUT2D eigenvalue weighted by atomic mass is 9.79. The SMILES string of the molecule is O=C1c2ccccc2/C(=C\C=C2/c3ccccc3C(=O)c3c(Cl)cccc32)c2cccc(Cl)c21. The van der Waals surface area contributed by atoms with Crippen LogP contribution in [-0.2, 0) is 0 Å². The molecule has 0 amide bonds. The molecule has 2 nitrogen and oxygen atoms in total. The Morgan fingerprint density at radius 2 is 0.794 bits per heavy atom. The zero-order chi connectivity index (χ0) is 23.4. The fourth-order valence-electron chi connectivity index (χ4n) is 4.88. The molecule has 0 saturated carbocycles. The van der Waals surface area contributed by atoms with Crippen molar-refractivity contribution in [2.24, 2.45) is 0 Å². The van der Waals surface area contributed by atoms with Crippen LogP contribution in [0.1, 0.15) is 54.1 Å². The zero-order valence-electron chi connectivity index (χ0n) is 17.8. The predicted octanol–water partition coefficient (Wildman–Crippen LogP) is 7.65. The van der Waals surface area contributed by atoms with Gasteiger partial charge < -0.3 is 0 Å². The summed E-state index contributed by atoms with van der Waals surface area (Å²) in [6.07, 6.45) is 4.01. The summed E-state index contributed by atoms with van der Waals surface area (Å²) in [4.78, 5) is 26.4. The minimum Gasteiger partial charge on any atom is -0.289 e. The highest BCUT2D eigenvalue weighted by Crippen LogP contribution is 2.41. The van der Waals surface area contributed by atoms with Crippen LogP contribution in [0.15, 0.2) is 97.1 Å². The van der Waals surface area contributed by atoms with Crippen LogP contribution in [0, 0.1) is 0 Å². The van der Waals surface area contributed by atoms with Gasteiger partial charge in [0.05, 0.1) is 10.0 Å². The van der Waals surface area contributed by atoms with Crippen LogP contribution in [0.25, 0.3) is 11.1 Å². The smallest absolute Gasteiger partial charge is 0.195 e. The highest BCUT2D eigenvalue weighted by atomic mass is 35.5. The number of carbonyl (C=O) groups excluding carboxylic acids is 2. The van der Waals surface area contributed by atoms with Gasteiger partial charge in [-0.05, 0) is 45.5 Å². The van der Waals surface area contributed by atoms with Crippen LogP contribution >= 0.6 is 23.2 Å². The minimum atomic E-state index is -0.0771. The Hall–Kier alpha value is -3.72. The maximum Gasteiger partial charge on any atom is 0.195 e. The van der Waals surface area contributed by atoms with Crippen LogP contribution in [-0.4, -0.2) is 11.6 Å². The van der Waals surface area contributed by atoms with E-state index in [4.69, 9.17) is 23.2 Å². The van der Waals surface area contributed by atoms with Gasteiger partial charge >= 0.3 is 0 Å². The molecule has 0 aromatic heterocycles. The van der Waals surface area contributed by atoms with Crippen molar-refractivity contribution in [3.8, 4) is 0 Å². The van der Waals surface area contributed by atoms with E-state index in [1.165, 1.54) is 0 Å². The standard InChI is InChI=1S/C30H16Cl2O2/c31-25-13-5-11-21-19(17-7-1-3-9-23(17)29(33)27(21)25)15-16-20-18-8-2-4-10-24(18)30(34)28-22(20)12-6-14-26(28)32/h1-16H/b19-15+,20-16+. The second-order valence-corrected chi connectivity index (χ2v) is 9.05. The number of ketones is 2. The quantitative estimate of drug-likeness (QED) is 0.243. The van der Waals surface area contributed by atoms with Gasteiger partial charge in [0.25, 0.3) is 0 Å². The Labute approximate surface area is 206 Å². The maximum absolute atomic E-state index is 13.2. The van der Waals surface area contributed by atoms with Gasteiger partial charge in [-0.15, -0.1) is 0 Å². The first-order chi connectivity index (χ1) is 16.6. The van der Waals surface area contributed by atoms with Gasteiger partial charge in [0.1, 0.15) is 0 Å². The number of halogens is 2. The molecule has 4 heteroatoms. The molecular formula is C30H16Cl2O2. The molecule has 0 radical (unpaired) electrons. The second kappa shape index (κ2) is 7.95. The summed E-state index contributed by atoms with van der Waals surface area (Å²) < 4.78 is 0. The van der Waals surface area contributed by atoms with E-state index in [1.807, 2.05) is 84.9 Å². The van der Waals surface area contributed by atoms with Crippen LogP contribution in [0.4, 0.5) is 0 Å². The van der Waals surface area contributed by atoms with E-state index in [2.05, 4.69) is 0 Å². The molecule has 6 rings (SSSR count). The first-order valence-corrected chi connectivity index (χ1v) is 11.6. The van der Waals surface area contributed by atoms with Crippen molar-refractivity contribution in [2.45, 2.75) is 0 Å². The van der Waals surface area contributed by atoms with Crippen molar-refractivity contribution in [3.05, 3.63) is 152 Å².